The van der Waals surface area contributed by atoms with Crippen LogP contribution in [-0.2, 0) is 16.0 Å². The summed E-state index contributed by atoms with van der Waals surface area (Å²) in [5, 5.41) is 0.974. The van der Waals surface area contributed by atoms with Crippen LogP contribution in [0, 0.1) is 5.92 Å². The number of carbonyl (C=O) groups excluding carboxylic acids is 2. The quantitative estimate of drug-likeness (QED) is 0.522. The van der Waals surface area contributed by atoms with Gasteiger partial charge in [0, 0.05) is 13.0 Å². The topological polar surface area (TPSA) is 37.4 Å². The van der Waals surface area contributed by atoms with Gasteiger partial charge in [0.25, 0.3) is 0 Å². The van der Waals surface area contributed by atoms with Gasteiger partial charge < -0.3 is 4.90 Å². The summed E-state index contributed by atoms with van der Waals surface area (Å²) >= 11 is 12.6. The normalized spacial score (nSPS) is 17.7. The standard InChI is InChI=1S/C21H19Cl2NO2/c22-18-8-3-9-19(23)21(18)24-14-15(10-11-20(24)26)13-17-6-2-1-5-16(17)7-4-12-25/h1-9,12,15H,10-11,13-14H2/b7-4+. The first-order valence-electron chi connectivity index (χ1n) is 8.54. The molecule has 1 saturated heterocycles. The molecule has 1 heterocycles. The fraction of sp³-hybridized carbons (Fsp3) is 0.238. The first kappa shape index (κ1) is 18.7. The lowest BCUT2D eigenvalue weighted by Gasteiger charge is -2.34. The molecule has 1 unspecified atom stereocenters. The number of anilines is 1. The van der Waals surface area contributed by atoms with Crippen molar-refractivity contribution in [3.05, 3.63) is 69.7 Å². The minimum atomic E-state index is 0.0467. The van der Waals surface area contributed by atoms with E-state index in [1.807, 2.05) is 24.3 Å². The van der Waals surface area contributed by atoms with E-state index in [2.05, 4.69) is 6.07 Å². The van der Waals surface area contributed by atoms with Gasteiger partial charge in [0.1, 0.15) is 6.29 Å². The molecule has 0 saturated carbocycles. The minimum Gasteiger partial charge on any atom is -0.309 e. The van der Waals surface area contributed by atoms with Gasteiger partial charge in [-0.15, -0.1) is 0 Å². The molecular formula is C21H19Cl2NO2. The monoisotopic (exact) mass is 387 g/mol. The molecule has 3 rings (SSSR count). The van der Waals surface area contributed by atoms with E-state index in [4.69, 9.17) is 23.2 Å². The second kappa shape index (κ2) is 8.52. The number of rotatable bonds is 5. The molecular weight excluding hydrogens is 369 g/mol. The smallest absolute Gasteiger partial charge is 0.227 e. The van der Waals surface area contributed by atoms with Gasteiger partial charge in [-0.2, -0.15) is 0 Å². The van der Waals surface area contributed by atoms with E-state index >= 15 is 0 Å². The summed E-state index contributed by atoms with van der Waals surface area (Å²) in [6, 6.07) is 13.3. The van der Waals surface area contributed by atoms with E-state index in [9.17, 15) is 9.59 Å². The summed E-state index contributed by atoms with van der Waals surface area (Å²) in [6.45, 7) is 0.577. The van der Waals surface area contributed by atoms with Crippen molar-refractivity contribution in [2.75, 3.05) is 11.4 Å². The van der Waals surface area contributed by atoms with Crippen LogP contribution in [-0.4, -0.2) is 18.7 Å². The summed E-state index contributed by atoms with van der Waals surface area (Å²) in [4.78, 5) is 24.8. The van der Waals surface area contributed by atoms with Gasteiger partial charge >= 0.3 is 0 Å². The van der Waals surface area contributed by atoms with Crippen molar-refractivity contribution in [1.29, 1.82) is 0 Å². The fourth-order valence-electron chi connectivity index (χ4n) is 3.38. The van der Waals surface area contributed by atoms with Gasteiger partial charge in [-0.05, 0) is 48.1 Å². The van der Waals surface area contributed by atoms with Crippen LogP contribution < -0.4 is 4.90 Å². The zero-order chi connectivity index (χ0) is 18.5. The van der Waals surface area contributed by atoms with Crippen LogP contribution in [0.5, 0.6) is 0 Å². The van der Waals surface area contributed by atoms with Crippen LogP contribution in [0.15, 0.2) is 48.5 Å². The van der Waals surface area contributed by atoms with Gasteiger partial charge in [0.15, 0.2) is 0 Å². The van der Waals surface area contributed by atoms with Crippen molar-refractivity contribution >= 4 is 47.2 Å². The lowest BCUT2D eigenvalue weighted by molar-refractivity contribution is -0.120. The van der Waals surface area contributed by atoms with Crippen molar-refractivity contribution in [1.82, 2.24) is 0 Å². The number of amides is 1. The Morgan fingerprint density at radius 3 is 2.54 bits per heavy atom. The number of hydrogen-bond donors (Lipinski definition) is 0. The van der Waals surface area contributed by atoms with E-state index in [-0.39, 0.29) is 5.91 Å². The molecule has 1 atom stereocenters. The van der Waals surface area contributed by atoms with Gasteiger partial charge in [-0.25, -0.2) is 0 Å². The van der Waals surface area contributed by atoms with Crippen molar-refractivity contribution in [2.24, 2.45) is 5.92 Å². The third-order valence-corrected chi connectivity index (χ3v) is 5.24. The molecule has 0 radical (unpaired) electrons. The minimum absolute atomic E-state index is 0.0467. The van der Waals surface area contributed by atoms with E-state index in [0.29, 0.717) is 34.6 Å². The highest BCUT2D eigenvalue weighted by Gasteiger charge is 2.29. The molecule has 0 aliphatic carbocycles. The number of piperidine rings is 1. The van der Waals surface area contributed by atoms with Crippen molar-refractivity contribution in [3.8, 4) is 0 Å². The number of carbonyl (C=O) groups is 2. The number of nitrogens with zero attached hydrogens (tertiary/aromatic N) is 1. The molecule has 26 heavy (non-hydrogen) atoms. The Balaban J connectivity index is 1.82. The van der Waals surface area contributed by atoms with Gasteiger partial charge in [0.05, 0.1) is 15.7 Å². The molecule has 0 N–H and O–H groups in total. The summed E-state index contributed by atoms with van der Waals surface area (Å²) in [5.74, 6) is 0.344. The maximum atomic E-state index is 12.5. The molecule has 3 nitrogen and oxygen atoms in total. The van der Waals surface area contributed by atoms with E-state index in [1.54, 1.807) is 23.1 Å². The maximum Gasteiger partial charge on any atom is 0.227 e. The number of aldehydes is 1. The average Bonchev–Trinajstić information content (AvgIpc) is 2.63. The van der Waals surface area contributed by atoms with Crippen LogP contribution in [0.2, 0.25) is 10.0 Å². The molecule has 5 heteroatoms. The number of allylic oxidation sites excluding steroid dienone is 1. The summed E-state index contributed by atoms with van der Waals surface area (Å²) in [6.07, 6.45) is 6.21. The molecule has 0 spiro atoms. The SMILES string of the molecule is O=C/C=C/c1ccccc1CC1CCC(=O)N(c2c(Cl)cccc2Cl)C1. The Morgan fingerprint density at radius 1 is 1.08 bits per heavy atom. The van der Waals surface area contributed by atoms with Crippen LogP contribution >= 0.6 is 23.2 Å². The van der Waals surface area contributed by atoms with Gasteiger partial charge in [-0.1, -0.05) is 59.6 Å². The fourth-order valence-corrected chi connectivity index (χ4v) is 3.98. The van der Waals surface area contributed by atoms with Gasteiger partial charge in [0.2, 0.25) is 5.91 Å². The number of halogens is 2. The number of hydrogen-bond acceptors (Lipinski definition) is 2. The Kier molecular flexibility index (Phi) is 6.12. The molecule has 2 aromatic carbocycles. The highest BCUT2D eigenvalue weighted by molar-refractivity contribution is 6.39. The molecule has 0 aromatic heterocycles. The van der Waals surface area contributed by atoms with E-state index in [0.717, 1.165) is 30.3 Å². The Bertz CT molecular complexity index is 827. The molecule has 1 aliphatic heterocycles. The first-order valence-corrected chi connectivity index (χ1v) is 9.30. The molecule has 2 aromatic rings. The van der Waals surface area contributed by atoms with Crippen LogP contribution in [0.25, 0.3) is 6.08 Å². The van der Waals surface area contributed by atoms with Crippen LogP contribution in [0.1, 0.15) is 24.0 Å². The molecule has 1 aliphatic rings. The first-order chi connectivity index (χ1) is 12.6. The van der Waals surface area contributed by atoms with Crippen LogP contribution in [0.4, 0.5) is 5.69 Å². The van der Waals surface area contributed by atoms with E-state index in [1.165, 1.54) is 6.08 Å². The lowest BCUT2D eigenvalue weighted by Crippen LogP contribution is -2.41. The Hall–Kier alpha value is -2.10. The largest absolute Gasteiger partial charge is 0.309 e. The Morgan fingerprint density at radius 2 is 1.81 bits per heavy atom. The molecule has 134 valence electrons. The van der Waals surface area contributed by atoms with Crippen molar-refractivity contribution < 1.29 is 9.59 Å². The van der Waals surface area contributed by atoms with Crippen molar-refractivity contribution in [3.63, 3.8) is 0 Å². The summed E-state index contributed by atoms with van der Waals surface area (Å²) in [7, 11) is 0. The third kappa shape index (κ3) is 4.17. The second-order valence-electron chi connectivity index (χ2n) is 6.38. The van der Waals surface area contributed by atoms with Gasteiger partial charge in [-0.3, -0.25) is 9.59 Å². The molecule has 0 bridgehead atoms. The van der Waals surface area contributed by atoms with Crippen LogP contribution in [0.3, 0.4) is 0 Å². The summed E-state index contributed by atoms with van der Waals surface area (Å²) < 4.78 is 0. The Labute approximate surface area is 163 Å². The predicted molar refractivity (Wildman–Crippen MR) is 107 cm³/mol. The molecule has 1 amide bonds. The second-order valence-corrected chi connectivity index (χ2v) is 7.19. The summed E-state index contributed by atoms with van der Waals surface area (Å²) in [5.41, 5.74) is 2.79. The average molecular weight is 388 g/mol. The third-order valence-electron chi connectivity index (χ3n) is 4.63. The van der Waals surface area contributed by atoms with E-state index < -0.39 is 0 Å². The maximum absolute atomic E-state index is 12.5. The highest BCUT2D eigenvalue weighted by Crippen LogP contribution is 2.37. The zero-order valence-electron chi connectivity index (χ0n) is 14.2. The predicted octanol–water partition coefficient (Wildman–Crippen LogP) is 5.19. The molecule has 1 fully saturated rings. The number of para-hydroxylation sites is 1. The highest BCUT2D eigenvalue weighted by atomic mass is 35.5. The lowest BCUT2D eigenvalue weighted by atomic mass is 9.88. The van der Waals surface area contributed by atoms with Crippen molar-refractivity contribution in [2.45, 2.75) is 19.3 Å². The number of benzene rings is 2. The zero-order valence-corrected chi connectivity index (χ0v) is 15.7.